The third-order valence-corrected chi connectivity index (χ3v) is 7.10. The maximum absolute atomic E-state index is 13.0. The number of imide groups is 1. The average molecular weight is 399 g/mol. The van der Waals surface area contributed by atoms with Gasteiger partial charge >= 0.3 is 0 Å². The molecule has 1 aromatic rings. The Morgan fingerprint density at radius 2 is 1.72 bits per heavy atom. The number of hydrogen-bond acceptors (Lipinski definition) is 5. The van der Waals surface area contributed by atoms with Gasteiger partial charge in [-0.2, -0.15) is 0 Å². The first-order chi connectivity index (χ1) is 13.9. The van der Waals surface area contributed by atoms with Gasteiger partial charge in [0.1, 0.15) is 5.69 Å². The Labute approximate surface area is 171 Å². The molecule has 1 saturated heterocycles. The lowest BCUT2D eigenvalue weighted by Crippen LogP contribution is -2.34. The van der Waals surface area contributed by atoms with Gasteiger partial charge in [0.2, 0.25) is 11.8 Å². The van der Waals surface area contributed by atoms with E-state index in [1.54, 1.807) is 12.1 Å². The van der Waals surface area contributed by atoms with Crippen LogP contribution >= 0.6 is 0 Å². The van der Waals surface area contributed by atoms with Crippen LogP contribution in [-0.4, -0.2) is 29.8 Å². The van der Waals surface area contributed by atoms with Crippen molar-refractivity contribution < 1.29 is 14.5 Å². The molecule has 1 heterocycles. The molecular formula is C22H29N3O4. The number of rotatable bonds is 4. The van der Waals surface area contributed by atoms with Gasteiger partial charge in [0.25, 0.3) is 5.69 Å². The molecule has 0 N–H and O–H groups in total. The van der Waals surface area contributed by atoms with Crippen LogP contribution in [0.1, 0.15) is 58.3 Å². The molecule has 3 aliphatic rings. The first-order valence-electron chi connectivity index (χ1n) is 10.8. The van der Waals surface area contributed by atoms with E-state index in [0.717, 1.165) is 44.9 Å². The van der Waals surface area contributed by atoms with Crippen LogP contribution in [0.2, 0.25) is 0 Å². The third-order valence-electron chi connectivity index (χ3n) is 7.10. The van der Waals surface area contributed by atoms with Crippen LogP contribution in [0, 0.1) is 27.9 Å². The first-order valence-corrected chi connectivity index (χ1v) is 10.8. The number of amides is 2. The summed E-state index contributed by atoms with van der Waals surface area (Å²) in [6, 6.07) is 5.09. The van der Waals surface area contributed by atoms with Crippen LogP contribution in [0.15, 0.2) is 18.2 Å². The average Bonchev–Trinajstić information content (AvgIpc) is 2.97. The molecule has 2 aliphatic carbocycles. The van der Waals surface area contributed by atoms with Crippen molar-refractivity contribution >= 4 is 28.9 Å². The summed E-state index contributed by atoms with van der Waals surface area (Å²) < 4.78 is 0. The molecule has 0 radical (unpaired) electrons. The molecule has 1 aromatic carbocycles. The van der Waals surface area contributed by atoms with Crippen LogP contribution in [0.4, 0.5) is 17.1 Å². The van der Waals surface area contributed by atoms with E-state index >= 15 is 0 Å². The molecule has 0 spiro atoms. The number of fused-ring (bicyclic) bond motifs is 1. The summed E-state index contributed by atoms with van der Waals surface area (Å²) in [6.45, 7) is 2.11. The highest BCUT2D eigenvalue weighted by Crippen LogP contribution is 2.43. The van der Waals surface area contributed by atoms with Crippen molar-refractivity contribution in [2.75, 3.05) is 16.8 Å². The third kappa shape index (κ3) is 3.51. The highest BCUT2D eigenvalue weighted by molar-refractivity contribution is 6.22. The second-order valence-corrected chi connectivity index (χ2v) is 8.98. The fourth-order valence-corrected chi connectivity index (χ4v) is 5.40. The molecule has 7 heteroatoms. The van der Waals surface area contributed by atoms with Crippen LogP contribution in [-0.2, 0) is 9.59 Å². The Kier molecular flexibility index (Phi) is 5.32. The van der Waals surface area contributed by atoms with Gasteiger partial charge in [-0.1, -0.05) is 26.2 Å². The van der Waals surface area contributed by atoms with E-state index in [1.807, 2.05) is 11.9 Å². The molecule has 156 valence electrons. The standard InChI is InChI=1S/C22H29N3O4/c1-14-8-10-17-18(12-14)22(27)24(21(17)26)16-9-11-19(20(13-16)25(28)29)23(2)15-6-4-3-5-7-15/h9,11,13-15,17-18H,3-8,10,12H2,1-2H3/t14-,17-,18-/m1/s1. The minimum Gasteiger partial charge on any atom is -0.366 e. The minimum absolute atomic E-state index is 0.0422. The van der Waals surface area contributed by atoms with Crippen LogP contribution in [0.25, 0.3) is 0 Å². The molecule has 29 heavy (non-hydrogen) atoms. The van der Waals surface area contributed by atoms with Crippen LogP contribution < -0.4 is 9.80 Å². The number of nitrogens with zero attached hydrogens (tertiary/aromatic N) is 3. The maximum atomic E-state index is 13.0. The van der Waals surface area contributed by atoms with E-state index in [1.165, 1.54) is 17.4 Å². The van der Waals surface area contributed by atoms with E-state index in [-0.39, 0.29) is 35.4 Å². The van der Waals surface area contributed by atoms with Gasteiger partial charge in [-0.3, -0.25) is 19.7 Å². The molecule has 3 atom stereocenters. The molecule has 0 aromatic heterocycles. The minimum atomic E-state index is -0.404. The quantitative estimate of drug-likeness (QED) is 0.428. The number of hydrogen-bond donors (Lipinski definition) is 0. The first kappa shape index (κ1) is 19.9. The SMILES string of the molecule is C[C@@H]1CC[C@H]2C(=O)N(c3ccc(N(C)C4CCCCC4)c([N+](=O)[O-])c3)C(=O)[C@@H]2C1. The summed E-state index contributed by atoms with van der Waals surface area (Å²) in [5, 5.41) is 11.8. The van der Waals surface area contributed by atoms with Crippen LogP contribution in [0.3, 0.4) is 0 Å². The van der Waals surface area contributed by atoms with E-state index in [4.69, 9.17) is 0 Å². The van der Waals surface area contributed by atoms with E-state index in [2.05, 4.69) is 6.92 Å². The lowest BCUT2D eigenvalue weighted by Gasteiger charge is -2.32. The van der Waals surface area contributed by atoms with Gasteiger partial charge in [0.05, 0.1) is 22.4 Å². The van der Waals surface area contributed by atoms with Crippen LogP contribution in [0.5, 0.6) is 0 Å². The number of carbonyl (C=O) groups excluding carboxylic acids is 2. The van der Waals surface area contributed by atoms with Crippen molar-refractivity contribution in [1.82, 2.24) is 0 Å². The largest absolute Gasteiger partial charge is 0.366 e. The van der Waals surface area contributed by atoms with Crippen molar-refractivity contribution in [1.29, 1.82) is 0 Å². The summed E-state index contributed by atoms with van der Waals surface area (Å²) in [5.41, 5.74) is 0.838. The van der Waals surface area contributed by atoms with Gasteiger partial charge in [-0.05, 0) is 50.2 Å². The second kappa shape index (κ2) is 7.76. The molecule has 0 unspecified atom stereocenters. The Balaban J connectivity index is 1.65. The Morgan fingerprint density at radius 1 is 1.03 bits per heavy atom. The second-order valence-electron chi connectivity index (χ2n) is 8.98. The van der Waals surface area contributed by atoms with Gasteiger partial charge in [-0.15, -0.1) is 0 Å². The normalized spacial score (nSPS) is 27.8. The van der Waals surface area contributed by atoms with E-state index in [0.29, 0.717) is 17.3 Å². The van der Waals surface area contributed by atoms with Crippen molar-refractivity contribution in [3.05, 3.63) is 28.3 Å². The predicted molar refractivity (Wildman–Crippen MR) is 111 cm³/mol. The number of benzene rings is 1. The van der Waals surface area contributed by atoms with Gasteiger partial charge in [0, 0.05) is 19.2 Å². The molecule has 2 saturated carbocycles. The molecule has 2 amide bonds. The molecule has 1 aliphatic heterocycles. The van der Waals surface area contributed by atoms with Gasteiger partial charge in [0.15, 0.2) is 0 Å². The highest BCUT2D eigenvalue weighted by Gasteiger charge is 2.50. The summed E-state index contributed by atoms with van der Waals surface area (Å²) in [4.78, 5) is 40.5. The number of anilines is 2. The van der Waals surface area contributed by atoms with Gasteiger partial charge < -0.3 is 4.90 Å². The zero-order valence-electron chi connectivity index (χ0n) is 17.2. The summed E-state index contributed by atoms with van der Waals surface area (Å²) >= 11 is 0. The molecule has 3 fully saturated rings. The zero-order valence-corrected chi connectivity index (χ0v) is 17.2. The maximum Gasteiger partial charge on any atom is 0.294 e. The van der Waals surface area contributed by atoms with E-state index < -0.39 is 4.92 Å². The van der Waals surface area contributed by atoms with Gasteiger partial charge in [-0.25, -0.2) is 4.90 Å². The summed E-state index contributed by atoms with van der Waals surface area (Å²) in [5.74, 6) is -0.533. The summed E-state index contributed by atoms with van der Waals surface area (Å²) in [7, 11) is 1.90. The lowest BCUT2D eigenvalue weighted by atomic mass is 9.76. The number of nitro benzene ring substituents is 1. The predicted octanol–water partition coefficient (Wildman–Crippen LogP) is 4.29. The van der Waals surface area contributed by atoms with E-state index in [9.17, 15) is 19.7 Å². The number of nitro groups is 1. The summed E-state index contributed by atoms with van der Waals surface area (Å²) in [6.07, 6.45) is 7.93. The molecule has 7 nitrogen and oxygen atoms in total. The topological polar surface area (TPSA) is 83.8 Å². The lowest BCUT2D eigenvalue weighted by molar-refractivity contribution is -0.384. The fourth-order valence-electron chi connectivity index (χ4n) is 5.40. The Morgan fingerprint density at radius 3 is 2.41 bits per heavy atom. The highest BCUT2D eigenvalue weighted by atomic mass is 16.6. The van der Waals surface area contributed by atoms with Crippen molar-refractivity contribution in [3.8, 4) is 0 Å². The smallest absolute Gasteiger partial charge is 0.294 e. The molecule has 0 bridgehead atoms. The molecule has 4 rings (SSSR count). The molecular weight excluding hydrogens is 370 g/mol. The monoisotopic (exact) mass is 399 g/mol. The number of carbonyl (C=O) groups is 2. The van der Waals surface area contributed by atoms with Crippen molar-refractivity contribution in [2.24, 2.45) is 17.8 Å². The van der Waals surface area contributed by atoms with Crippen molar-refractivity contribution in [2.45, 2.75) is 64.3 Å². The zero-order chi connectivity index (χ0) is 20.7. The van der Waals surface area contributed by atoms with Crippen molar-refractivity contribution in [3.63, 3.8) is 0 Å². The fraction of sp³-hybridized carbons (Fsp3) is 0.636. The Bertz CT molecular complexity index is 833. The Hall–Kier alpha value is -2.44.